The molecule has 58 valence electrons. The van der Waals surface area contributed by atoms with Gasteiger partial charge in [-0.15, -0.1) is 0 Å². The van der Waals surface area contributed by atoms with Gasteiger partial charge in [-0.2, -0.15) is 0 Å². The van der Waals surface area contributed by atoms with E-state index in [1.54, 1.807) is 0 Å². The molecular weight excluding hydrogens is 204 g/mol. The van der Waals surface area contributed by atoms with Crippen molar-refractivity contribution in [2.75, 3.05) is 7.11 Å². The summed E-state index contributed by atoms with van der Waals surface area (Å²) in [5, 5.41) is 15.2. The fourth-order valence-electron chi connectivity index (χ4n) is 0. The van der Waals surface area contributed by atoms with Crippen LogP contribution in [-0.4, -0.2) is 18.7 Å². The zero-order valence-corrected chi connectivity index (χ0v) is 5.71. The van der Waals surface area contributed by atoms with Crippen molar-refractivity contribution in [2.24, 2.45) is 0 Å². The molecule has 0 unspecified atom stereocenters. The SMILES string of the molecule is C.CO.O=C[O-].[NH4+].[Pd]. The van der Waals surface area contributed by atoms with Crippen molar-refractivity contribution in [3.8, 4) is 0 Å². The van der Waals surface area contributed by atoms with Gasteiger partial charge in [-0.3, -0.25) is 0 Å². The smallest absolute Gasteiger partial charge is 0.0319 e. The monoisotopic (exact) mass is 217 g/mol. The molecule has 0 saturated heterocycles. The number of quaternary nitrogens is 1. The van der Waals surface area contributed by atoms with E-state index >= 15 is 0 Å². The van der Waals surface area contributed by atoms with E-state index in [0.29, 0.717) is 0 Å². The maximum atomic E-state index is 8.25. The molecule has 5 heteroatoms. The maximum absolute atomic E-state index is 8.25. The Hall–Kier alpha value is 0.0523. The molecule has 8 heavy (non-hydrogen) atoms. The minimum Gasteiger partial charge on any atom is -0.554 e. The van der Waals surface area contributed by atoms with Gasteiger partial charge in [0, 0.05) is 34.0 Å². The number of carbonyl (C=O) groups is 1. The second-order valence-corrected chi connectivity index (χ2v) is 0.0962. The Morgan fingerprint density at radius 1 is 1.50 bits per heavy atom. The summed E-state index contributed by atoms with van der Waals surface area (Å²) in [6.07, 6.45) is 0. The predicted octanol–water partition coefficient (Wildman–Crippen LogP) is -1.02. The van der Waals surface area contributed by atoms with Gasteiger partial charge in [-0.1, -0.05) is 7.43 Å². The van der Waals surface area contributed by atoms with Crippen molar-refractivity contribution in [1.82, 2.24) is 6.15 Å². The maximum Gasteiger partial charge on any atom is 0.0319 e. The van der Waals surface area contributed by atoms with Gasteiger partial charge in [0.2, 0.25) is 0 Å². The number of carboxylic acid groups (broad SMARTS) is 1. The Balaban J connectivity index is -0.00000000567. The Kier molecular flexibility index (Phi) is 1250. The average Bonchev–Trinajstić information content (AvgIpc) is 1.46. The summed E-state index contributed by atoms with van der Waals surface area (Å²) in [6.45, 7) is -0.500. The van der Waals surface area contributed by atoms with Gasteiger partial charge in [-0.05, 0) is 0 Å². The van der Waals surface area contributed by atoms with Crippen LogP contribution in [0.1, 0.15) is 7.43 Å². The van der Waals surface area contributed by atoms with Crippen molar-refractivity contribution in [2.45, 2.75) is 7.43 Å². The molecule has 0 spiro atoms. The summed E-state index contributed by atoms with van der Waals surface area (Å²) < 4.78 is 0. The fourth-order valence-corrected chi connectivity index (χ4v) is 0. The zero-order chi connectivity index (χ0) is 4.71. The fraction of sp³-hybridized carbons (Fsp3) is 0.667. The van der Waals surface area contributed by atoms with E-state index in [0.717, 1.165) is 7.11 Å². The van der Waals surface area contributed by atoms with Crippen LogP contribution in [0, 0.1) is 0 Å². The van der Waals surface area contributed by atoms with Crippen LogP contribution in [0.2, 0.25) is 0 Å². The second kappa shape index (κ2) is 233. The third-order valence-electron chi connectivity index (χ3n) is 0. The van der Waals surface area contributed by atoms with Crippen LogP contribution in [0.3, 0.4) is 0 Å². The van der Waals surface area contributed by atoms with Crippen molar-refractivity contribution < 1.29 is 35.4 Å². The topological polar surface area (TPSA) is 96.9 Å². The normalized spacial score (nSPS) is 2.25. The first-order valence-electron chi connectivity index (χ1n) is 0.919. The van der Waals surface area contributed by atoms with Crippen LogP contribution in [0.4, 0.5) is 0 Å². The third kappa shape index (κ3) is 56400. The summed E-state index contributed by atoms with van der Waals surface area (Å²) in [5.74, 6) is 0. The Morgan fingerprint density at radius 2 is 1.50 bits per heavy atom. The second-order valence-electron chi connectivity index (χ2n) is 0.0962. The molecule has 0 aromatic carbocycles. The minimum absolute atomic E-state index is 0. The first kappa shape index (κ1) is 43.0. The van der Waals surface area contributed by atoms with Crippen LogP contribution >= 0.6 is 0 Å². The Labute approximate surface area is 63.1 Å². The first-order chi connectivity index (χ1) is 2.41. The first-order valence-corrected chi connectivity index (χ1v) is 0.919. The van der Waals surface area contributed by atoms with E-state index in [1.807, 2.05) is 0 Å². The van der Waals surface area contributed by atoms with Gasteiger partial charge in [-0.25, -0.2) is 0 Å². The molecule has 0 aliphatic heterocycles. The molecule has 0 aromatic heterocycles. The molecule has 0 aliphatic carbocycles. The van der Waals surface area contributed by atoms with Crippen LogP contribution in [0.15, 0.2) is 0 Å². The molecule has 0 heterocycles. The molecular formula is C3H13NO3Pd. The molecule has 4 nitrogen and oxygen atoms in total. The Bertz CT molecular complexity index is 22.0. The van der Waals surface area contributed by atoms with E-state index in [9.17, 15) is 0 Å². The molecule has 0 atom stereocenters. The average molecular weight is 218 g/mol. The number of hydrogen-bond acceptors (Lipinski definition) is 3. The third-order valence-corrected chi connectivity index (χ3v) is 0. The molecule has 0 aromatic rings. The van der Waals surface area contributed by atoms with Gasteiger partial charge >= 0.3 is 0 Å². The molecule has 0 aliphatic rings. The van der Waals surface area contributed by atoms with Crippen molar-refractivity contribution in [3.63, 3.8) is 0 Å². The predicted molar refractivity (Wildman–Crippen MR) is 26.9 cm³/mol. The summed E-state index contributed by atoms with van der Waals surface area (Å²) in [6, 6.07) is 0. The number of aliphatic hydroxyl groups excluding tert-OH is 1. The standard InChI is InChI=1S/CH2O2.CH4O.CH4.H3N.Pd/c2-1-3;1-2;;;/h1H,(H,2,3);2H,1H3;1H4;1H3;. The van der Waals surface area contributed by atoms with E-state index in [2.05, 4.69) is 0 Å². The number of rotatable bonds is 0. The molecule has 0 amide bonds. The van der Waals surface area contributed by atoms with Gasteiger partial charge < -0.3 is 21.2 Å². The van der Waals surface area contributed by atoms with E-state index < -0.39 is 6.47 Å². The van der Waals surface area contributed by atoms with Gasteiger partial charge in [0.1, 0.15) is 0 Å². The molecule has 0 bridgehead atoms. The largest absolute Gasteiger partial charge is 0.554 e. The number of carbonyl (C=O) groups excluding carboxylic acids is 1. The molecule has 0 saturated carbocycles. The van der Waals surface area contributed by atoms with Gasteiger partial charge in [0.05, 0.1) is 0 Å². The van der Waals surface area contributed by atoms with E-state index in [1.165, 1.54) is 0 Å². The molecule has 0 rings (SSSR count). The molecule has 0 radical (unpaired) electrons. The number of aliphatic hydroxyl groups is 1. The van der Waals surface area contributed by atoms with E-state index in [-0.39, 0.29) is 34.0 Å². The molecule has 0 fully saturated rings. The summed E-state index contributed by atoms with van der Waals surface area (Å²) >= 11 is 0. The molecule has 5 N–H and O–H groups in total. The van der Waals surface area contributed by atoms with Crippen molar-refractivity contribution in [3.05, 3.63) is 0 Å². The van der Waals surface area contributed by atoms with Gasteiger partial charge in [0.15, 0.2) is 0 Å². The Morgan fingerprint density at radius 3 is 1.50 bits per heavy atom. The van der Waals surface area contributed by atoms with Crippen LogP contribution in [0.25, 0.3) is 0 Å². The van der Waals surface area contributed by atoms with E-state index in [4.69, 9.17) is 15.0 Å². The summed E-state index contributed by atoms with van der Waals surface area (Å²) in [4.78, 5) is 8.25. The van der Waals surface area contributed by atoms with Crippen molar-refractivity contribution in [1.29, 1.82) is 0 Å². The van der Waals surface area contributed by atoms with Gasteiger partial charge in [0.25, 0.3) is 0 Å². The van der Waals surface area contributed by atoms with Crippen LogP contribution in [0.5, 0.6) is 0 Å². The van der Waals surface area contributed by atoms with Crippen LogP contribution in [-0.2, 0) is 25.2 Å². The minimum atomic E-state index is -0.500. The summed E-state index contributed by atoms with van der Waals surface area (Å²) in [7, 11) is 1.00. The quantitative estimate of drug-likeness (QED) is 0.402. The van der Waals surface area contributed by atoms with Crippen LogP contribution < -0.4 is 11.3 Å². The summed E-state index contributed by atoms with van der Waals surface area (Å²) in [5.41, 5.74) is 0. The van der Waals surface area contributed by atoms with Crippen molar-refractivity contribution >= 4 is 6.47 Å². The zero-order valence-electron chi connectivity index (χ0n) is 4.16. The number of hydrogen-bond donors (Lipinski definition) is 2.